The molecule has 0 aliphatic heterocycles. The van der Waals surface area contributed by atoms with Gasteiger partial charge < -0.3 is 14.3 Å². The number of methoxy groups -OCH3 is 1. The number of carbonyl (C=O) groups is 1. The van der Waals surface area contributed by atoms with Crippen LogP contribution in [-0.4, -0.2) is 38.1 Å². The largest absolute Gasteiger partial charge is 0.468 e. The number of aromatic nitrogens is 4. The lowest BCUT2D eigenvalue weighted by atomic mass is 10.1. The summed E-state index contributed by atoms with van der Waals surface area (Å²) in [6.45, 7) is 1.95. The van der Waals surface area contributed by atoms with Crippen molar-refractivity contribution >= 4 is 28.6 Å². The summed E-state index contributed by atoms with van der Waals surface area (Å²) in [5.41, 5.74) is 2.05. The molecule has 0 fully saturated rings. The van der Waals surface area contributed by atoms with Crippen LogP contribution in [0.15, 0.2) is 35.6 Å². The van der Waals surface area contributed by atoms with Crippen LogP contribution >= 0.6 is 11.8 Å². The van der Waals surface area contributed by atoms with E-state index in [1.807, 2.05) is 49.0 Å². The number of H-pyrrole nitrogens is 1. The van der Waals surface area contributed by atoms with Gasteiger partial charge >= 0.3 is 5.97 Å². The molecule has 0 radical (unpaired) electrons. The molecule has 3 aromatic rings. The van der Waals surface area contributed by atoms with Gasteiger partial charge in [-0.1, -0.05) is 36.9 Å². The van der Waals surface area contributed by atoms with E-state index in [9.17, 15) is 4.79 Å². The van der Waals surface area contributed by atoms with Crippen LogP contribution in [-0.2, 0) is 16.6 Å². The number of rotatable bonds is 5. The number of carbonyl (C=O) groups excluding carboxylic acids is 1. The molecule has 2 heterocycles. The van der Waals surface area contributed by atoms with E-state index in [0.29, 0.717) is 11.6 Å². The van der Waals surface area contributed by atoms with E-state index in [1.165, 1.54) is 18.9 Å². The van der Waals surface area contributed by atoms with Gasteiger partial charge in [-0.3, -0.25) is 4.79 Å². The second-order valence-electron chi connectivity index (χ2n) is 5.15. The fourth-order valence-electron chi connectivity index (χ4n) is 2.47. The Kier molecular flexibility index (Phi) is 4.38. The van der Waals surface area contributed by atoms with Crippen LogP contribution in [0.25, 0.3) is 22.3 Å². The minimum Gasteiger partial charge on any atom is -0.468 e. The predicted molar refractivity (Wildman–Crippen MR) is 90.2 cm³/mol. The average molecular weight is 330 g/mol. The fourth-order valence-corrected chi connectivity index (χ4v) is 3.41. The third-order valence-corrected chi connectivity index (χ3v) is 5.12. The topological polar surface area (TPSA) is 72.8 Å². The summed E-state index contributed by atoms with van der Waals surface area (Å²) in [5, 5.41) is 10.1. The van der Waals surface area contributed by atoms with E-state index < -0.39 is 0 Å². The summed E-state index contributed by atoms with van der Waals surface area (Å²) in [6, 6.07) is 8.06. The molecular formula is C16H18N4O2S. The fraction of sp³-hybridized carbons (Fsp3) is 0.312. The SMILES string of the molecule is CC[C@H](Sc1nnc(-c2c[nH]c3ccccc23)n1C)C(=O)OC. The Bertz CT molecular complexity index is 840. The number of ether oxygens (including phenoxy) is 1. The molecule has 6 nitrogen and oxygen atoms in total. The van der Waals surface area contributed by atoms with Crippen molar-refractivity contribution in [1.29, 1.82) is 0 Å². The van der Waals surface area contributed by atoms with E-state index in [-0.39, 0.29) is 11.2 Å². The first kappa shape index (κ1) is 15.6. The van der Waals surface area contributed by atoms with E-state index in [4.69, 9.17) is 4.74 Å². The van der Waals surface area contributed by atoms with Gasteiger partial charge in [0.1, 0.15) is 5.25 Å². The third-order valence-electron chi connectivity index (χ3n) is 3.75. The Balaban J connectivity index is 1.95. The minimum atomic E-state index is -0.279. The van der Waals surface area contributed by atoms with E-state index in [1.54, 1.807) is 0 Å². The van der Waals surface area contributed by atoms with Crippen molar-refractivity contribution in [2.75, 3.05) is 7.11 Å². The lowest BCUT2D eigenvalue weighted by Gasteiger charge is -2.11. The van der Waals surface area contributed by atoms with Crippen molar-refractivity contribution in [1.82, 2.24) is 19.7 Å². The molecule has 1 aromatic carbocycles. The van der Waals surface area contributed by atoms with Gasteiger partial charge in [0.15, 0.2) is 11.0 Å². The molecule has 0 saturated heterocycles. The van der Waals surface area contributed by atoms with Crippen molar-refractivity contribution in [3.05, 3.63) is 30.5 Å². The Morgan fingerprint density at radius 1 is 1.39 bits per heavy atom. The smallest absolute Gasteiger partial charge is 0.319 e. The number of hydrogen-bond donors (Lipinski definition) is 1. The summed E-state index contributed by atoms with van der Waals surface area (Å²) in [5.74, 6) is 0.527. The first-order valence-corrected chi connectivity index (χ1v) is 8.24. The molecular weight excluding hydrogens is 312 g/mol. The van der Waals surface area contributed by atoms with Crippen LogP contribution in [0.5, 0.6) is 0 Å². The number of hydrogen-bond acceptors (Lipinski definition) is 5. The molecule has 3 rings (SSSR count). The zero-order valence-electron chi connectivity index (χ0n) is 13.2. The van der Waals surface area contributed by atoms with Gasteiger partial charge in [-0.05, 0) is 12.5 Å². The molecule has 120 valence electrons. The number of nitrogens with zero attached hydrogens (tertiary/aromatic N) is 3. The van der Waals surface area contributed by atoms with E-state index in [0.717, 1.165) is 22.3 Å². The van der Waals surface area contributed by atoms with Crippen LogP contribution in [0.1, 0.15) is 13.3 Å². The highest BCUT2D eigenvalue weighted by Gasteiger charge is 2.23. The van der Waals surface area contributed by atoms with Gasteiger partial charge in [0.25, 0.3) is 0 Å². The monoisotopic (exact) mass is 330 g/mol. The molecule has 0 unspecified atom stereocenters. The molecule has 2 aromatic heterocycles. The zero-order valence-corrected chi connectivity index (χ0v) is 14.1. The number of nitrogens with one attached hydrogen (secondary N) is 1. The molecule has 0 amide bonds. The van der Waals surface area contributed by atoms with Crippen molar-refractivity contribution < 1.29 is 9.53 Å². The number of benzene rings is 1. The molecule has 0 aliphatic rings. The second kappa shape index (κ2) is 6.45. The molecule has 1 N–H and O–H groups in total. The number of para-hydroxylation sites is 1. The van der Waals surface area contributed by atoms with Crippen molar-refractivity contribution in [2.45, 2.75) is 23.8 Å². The van der Waals surface area contributed by atoms with E-state index >= 15 is 0 Å². The second-order valence-corrected chi connectivity index (χ2v) is 6.32. The Morgan fingerprint density at radius 3 is 2.91 bits per heavy atom. The Labute approximate surface area is 138 Å². The van der Waals surface area contributed by atoms with Crippen LogP contribution in [0.4, 0.5) is 0 Å². The summed E-state index contributed by atoms with van der Waals surface area (Å²) < 4.78 is 6.74. The quantitative estimate of drug-likeness (QED) is 0.575. The normalized spacial score (nSPS) is 12.5. The lowest BCUT2D eigenvalue weighted by Crippen LogP contribution is -2.18. The van der Waals surface area contributed by atoms with Gasteiger partial charge in [0, 0.05) is 29.7 Å². The van der Waals surface area contributed by atoms with Crippen LogP contribution < -0.4 is 0 Å². The van der Waals surface area contributed by atoms with Crippen LogP contribution in [0.2, 0.25) is 0 Å². The molecule has 0 spiro atoms. The number of esters is 1. The highest BCUT2D eigenvalue weighted by Crippen LogP contribution is 2.31. The highest BCUT2D eigenvalue weighted by atomic mass is 32.2. The summed E-state index contributed by atoms with van der Waals surface area (Å²) in [4.78, 5) is 15.0. The molecule has 0 aliphatic carbocycles. The van der Waals surface area contributed by atoms with Gasteiger partial charge in [0.05, 0.1) is 7.11 Å². The number of thioether (sulfide) groups is 1. The standard InChI is InChI=1S/C16H18N4O2S/c1-4-13(15(21)22-3)23-16-19-18-14(20(16)2)11-9-17-12-8-6-5-7-10(11)12/h5-9,13,17H,4H2,1-3H3/t13-/m0/s1. The Hall–Kier alpha value is -2.28. The van der Waals surface area contributed by atoms with Gasteiger partial charge in [0.2, 0.25) is 0 Å². The van der Waals surface area contributed by atoms with Crippen molar-refractivity contribution in [2.24, 2.45) is 7.05 Å². The molecule has 0 bridgehead atoms. The number of fused-ring (bicyclic) bond motifs is 1. The number of aromatic amines is 1. The first-order chi connectivity index (χ1) is 11.2. The average Bonchev–Trinajstić information content (AvgIpc) is 3.15. The van der Waals surface area contributed by atoms with Crippen LogP contribution in [0, 0.1) is 0 Å². The molecule has 1 atom stereocenters. The van der Waals surface area contributed by atoms with Gasteiger partial charge in [-0.25, -0.2) is 0 Å². The Morgan fingerprint density at radius 2 is 2.17 bits per heavy atom. The minimum absolute atomic E-state index is 0.242. The molecule has 7 heteroatoms. The predicted octanol–water partition coefficient (Wildman–Crippen LogP) is 3.01. The van der Waals surface area contributed by atoms with Crippen molar-refractivity contribution in [3.8, 4) is 11.4 Å². The summed E-state index contributed by atoms with van der Waals surface area (Å²) in [7, 11) is 3.31. The summed E-state index contributed by atoms with van der Waals surface area (Å²) >= 11 is 1.38. The maximum Gasteiger partial charge on any atom is 0.319 e. The lowest BCUT2D eigenvalue weighted by molar-refractivity contribution is -0.140. The highest BCUT2D eigenvalue weighted by molar-refractivity contribution is 8.00. The van der Waals surface area contributed by atoms with Gasteiger partial charge in [-0.15, -0.1) is 10.2 Å². The van der Waals surface area contributed by atoms with Crippen LogP contribution in [0.3, 0.4) is 0 Å². The maximum absolute atomic E-state index is 11.8. The molecule has 0 saturated carbocycles. The third kappa shape index (κ3) is 2.84. The zero-order chi connectivity index (χ0) is 16.4. The molecule has 23 heavy (non-hydrogen) atoms. The first-order valence-electron chi connectivity index (χ1n) is 7.36. The maximum atomic E-state index is 11.8. The summed E-state index contributed by atoms with van der Waals surface area (Å²) in [6.07, 6.45) is 2.60. The van der Waals surface area contributed by atoms with Gasteiger partial charge in [-0.2, -0.15) is 0 Å². The van der Waals surface area contributed by atoms with Crippen molar-refractivity contribution in [3.63, 3.8) is 0 Å². The van der Waals surface area contributed by atoms with E-state index in [2.05, 4.69) is 15.2 Å².